The van der Waals surface area contributed by atoms with Gasteiger partial charge in [0, 0.05) is 6.20 Å². The van der Waals surface area contributed by atoms with Gasteiger partial charge in [-0.05, 0) is 12.2 Å². The molecular formula is C9H11N3O2. The van der Waals surface area contributed by atoms with Gasteiger partial charge in [0.2, 0.25) is 0 Å². The molecule has 0 amide bonds. The fourth-order valence-electron chi connectivity index (χ4n) is 1.42. The van der Waals surface area contributed by atoms with E-state index < -0.39 is 0 Å². The first-order valence-corrected chi connectivity index (χ1v) is 4.21. The van der Waals surface area contributed by atoms with Crippen molar-refractivity contribution in [3.8, 4) is 0 Å². The molecule has 0 saturated carbocycles. The van der Waals surface area contributed by atoms with Crippen LogP contribution in [-0.2, 0) is 9.53 Å². The highest BCUT2D eigenvalue weighted by Crippen LogP contribution is 2.21. The number of hydrogen-bond acceptors (Lipinski definition) is 5. The lowest BCUT2D eigenvalue weighted by molar-refractivity contribution is -0.135. The summed E-state index contributed by atoms with van der Waals surface area (Å²) in [7, 11) is 1.36. The number of nitrogens with one attached hydrogen (secondary N) is 1. The molecule has 0 bridgehead atoms. The standard InChI is InChI=1S/C9H11N3O2/c1-14-9(13)6-2-3-7-8(10)11-5-12(7)4-6/h2-4,11H,5,10H2,1H3. The fourth-order valence-corrected chi connectivity index (χ4v) is 1.42. The highest BCUT2D eigenvalue weighted by Gasteiger charge is 2.21. The van der Waals surface area contributed by atoms with Crippen LogP contribution in [0.2, 0.25) is 0 Å². The molecule has 2 heterocycles. The van der Waals surface area contributed by atoms with Crippen molar-refractivity contribution < 1.29 is 9.53 Å². The van der Waals surface area contributed by atoms with Crippen LogP contribution in [0.3, 0.4) is 0 Å². The van der Waals surface area contributed by atoms with Gasteiger partial charge >= 0.3 is 5.97 Å². The molecule has 0 aromatic heterocycles. The molecule has 0 fully saturated rings. The summed E-state index contributed by atoms with van der Waals surface area (Å²) >= 11 is 0. The first kappa shape index (κ1) is 8.68. The van der Waals surface area contributed by atoms with Gasteiger partial charge in [0.15, 0.2) is 0 Å². The molecule has 0 aromatic carbocycles. The Morgan fingerprint density at radius 3 is 3.14 bits per heavy atom. The quantitative estimate of drug-likeness (QED) is 0.555. The summed E-state index contributed by atoms with van der Waals surface area (Å²) in [6.07, 6.45) is 5.20. The van der Waals surface area contributed by atoms with Gasteiger partial charge < -0.3 is 20.7 Å². The maximum atomic E-state index is 11.2. The minimum atomic E-state index is -0.342. The second-order valence-electron chi connectivity index (χ2n) is 3.01. The molecule has 0 spiro atoms. The number of methoxy groups -OCH3 is 1. The summed E-state index contributed by atoms with van der Waals surface area (Å²) in [5, 5.41) is 2.97. The van der Waals surface area contributed by atoms with Crippen LogP contribution < -0.4 is 11.1 Å². The lowest BCUT2D eigenvalue weighted by Gasteiger charge is -2.18. The molecule has 0 unspecified atom stereocenters. The smallest absolute Gasteiger partial charge is 0.339 e. The third kappa shape index (κ3) is 1.22. The molecule has 5 heteroatoms. The molecule has 0 aromatic rings. The van der Waals surface area contributed by atoms with Gasteiger partial charge in [0.1, 0.15) is 5.82 Å². The maximum absolute atomic E-state index is 11.2. The van der Waals surface area contributed by atoms with Gasteiger partial charge in [0.05, 0.1) is 25.0 Å². The summed E-state index contributed by atoms with van der Waals surface area (Å²) in [5.74, 6) is 0.284. The number of hydrogen-bond donors (Lipinski definition) is 2. The van der Waals surface area contributed by atoms with Crippen molar-refractivity contribution in [2.75, 3.05) is 13.8 Å². The molecule has 0 saturated heterocycles. The summed E-state index contributed by atoms with van der Waals surface area (Å²) in [6, 6.07) is 0. The Morgan fingerprint density at radius 2 is 2.43 bits per heavy atom. The average Bonchev–Trinajstić information content (AvgIpc) is 2.59. The van der Waals surface area contributed by atoms with E-state index in [0.717, 1.165) is 5.70 Å². The predicted molar refractivity (Wildman–Crippen MR) is 50.3 cm³/mol. The Morgan fingerprint density at radius 1 is 1.64 bits per heavy atom. The summed E-state index contributed by atoms with van der Waals surface area (Å²) in [4.78, 5) is 13.1. The Hall–Kier alpha value is -1.91. The Bertz CT molecular complexity index is 368. The first-order valence-electron chi connectivity index (χ1n) is 4.21. The van der Waals surface area contributed by atoms with Gasteiger partial charge in [-0.3, -0.25) is 0 Å². The van der Waals surface area contributed by atoms with Crippen LogP contribution in [0.5, 0.6) is 0 Å². The zero-order valence-corrected chi connectivity index (χ0v) is 7.78. The maximum Gasteiger partial charge on any atom is 0.339 e. The van der Waals surface area contributed by atoms with E-state index in [4.69, 9.17) is 5.73 Å². The average molecular weight is 193 g/mol. The van der Waals surface area contributed by atoms with E-state index in [1.54, 1.807) is 18.4 Å². The number of nitrogens with zero attached hydrogens (tertiary/aromatic N) is 1. The molecule has 5 nitrogen and oxygen atoms in total. The second-order valence-corrected chi connectivity index (χ2v) is 3.01. The van der Waals surface area contributed by atoms with Crippen molar-refractivity contribution >= 4 is 5.97 Å². The molecule has 0 radical (unpaired) electrons. The van der Waals surface area contributed by atoms with Crippen molar-refractivity contribution in [2.45, 2.75) is 0 Å². The number of esters is 1. The second kappa shape index (κ2) is 3.10. The molecule has 74 valence electrons. The van der Waals surface area contributed by atoms with E-state index in [-0.39, 0.29) is 5.97 Å². The van der Waals surface area contributed by atoms with Gasteiger partial charge in [-0.15, -0.1) is 0 Å². The van der Waals surface area contributed by atoms with E-state index in [9.17, 15) is 4.79 Å². The van der Waals surface area contributed by atoms with Gasteiger partial charge in [-0.25, -0.2) is 4.79 Å². The number of fused-ring (bicyclic) bond motifs is 1. The number of rotatable bonds is 1. The summed E-state index contributed by atoms with van der Waals surface area (Å²) in [6.45, 7) is 0.589. The lowest BCUT2D eigenvalue weighted by Crippen LogP contribution is -2.22. The van der Waals surface area contributed by atoms with E-state index in [1.165, 1.54) is 7.11 Å². The van der Waals surface area contributed by atoms with Crippen molar-refractivity contribution in [1.29, 1.82) is 0 Å². The van der Waals surface area contributed by atoms with Crippen LogP contribution in [-0.4, -0.2) is 24.6 Å². The molecule has 2 aliphatic heterocycles. The van der Waals surface area contributed by atoms with Crippen LogP contribution >= 0.6 is 0 Å². The van der Waals surface area contributed by atoms with E-state index >= 15 is 0 Å². The van der Waals surface area contributed by atoms with Crippen molar-refractivity contribution in [3.63, 3.8) is 0 Å². The van der Waals surface area contributed by atoms with E-state index in [2.05, 4.69) is 10.1 Å². The lowest BCUT2D eigenvalue weighted by atomic mass is 10.2. The first-order chi connectivity index (χ1) is 6.72. The fraction of sp³-hybridized carbons (Fsp3) is 0.222. The highest BCUT2D eigenvalue weighted by molar-refractivity contribution is 5.91. The normalized spacial score (nSPS) is 18.9. The third-order valence-corrected chi connectivity index (χ3v) is 2.16. The van der Waals surface area contributed by atoms with Gasteiger partial charge in [0.25, 0.3) is 0 Å². The van der Waals surface area contributed by atoms with Crippen molar-refractivity contribution in [2.24, 2.45) is 5.73 Å². The zero-order valence-electron chi connectivity index (χ0n) is 7.78. The number of nitrogens with two attached hydrogens (primary N) is 1. The van der Waals surface area contributed by atoms with Crippen LogP contribution in [0.15, 0.2) is 35.4 Å². The Labute approximate surface area is 81.5 Å². The van der Waals surface area contributed by atoms with Gasteiger partial charge in [-0.2, -0.15) is 0 Å². The van der Waals surface area contributed by atoms with Gasteiger partial charge in [-0.1, -0.05) is 0 Å². The summed E-state index contributed by atoms with van der Waals surface area (Å²) < 4.78 is 4.61. The van der Waals surface area contributed by atoms with E-state index in [0.29, 0.717) is 18.1 Å². The molecule has 0 aliphatic carbocycles. The summed E-state index contributed by atoms with van der Waals surface area (Å²) in [5.41, 5.74) is 7.08. The van der Waals surface area contributed by atoms with Crippen LogP contribution in [0, 0.1) is 0 Å². The molecule has 2 rings (SSSR count). The van der Waals surface area contributed by atoms with Crippen molar-refractivity contribution in [3.05, 3.63) is 35.4 Å². The molecule has 3 N–H and O–H groups in total. The van der Waals surface area contributed by atoms with E-state index in [1.807, 2.05) is 4.90 Å². The zero-order chi connectivity index (χ0) is 10.1. The Kier molecular flexibility index (Phi) is 1.92. The molecule has 14 heavy (non-hydrogen) atoms. The monoisotopic (exact) mass is 193 g/mol. The minimum Gasteiger partial charge on any atom is -0.465 e. The van der Waals surface area contributed by atoms with Crippen LogP contribution in [0.4, 0.5) is 0 Å². The number of carbonyl (C=O) groups excluding carboxylic acids is 1. The van der Waals surface area contributed by atoms with Crippen LogP contribution in [0.1, 0.15) is 0 Å². The predicted octanol–water partition coefficient (Wildman–Crippen LogP) is -0.396. The SMILES string of the molecule is COC(=O)C1=CN2CNC(N)=C2C=C1. The third-order valence-electron chi connectivity index (χ3n) is 2.16. The van der Waals surface area contributed by atoms with Crippen molar-refractivity contribution in [1.82, 2.24) is 10.2 Å². The molecule has 0 atom stereocenters. The minimum absolute atomic E-state index is 0.342. The molecular weight excluding hydrogens is 182 g/mol. The molecule has 2 aliphatic rings. The van der Waals surface area contributed by atoms with Crippen LogP contribution in [0.25, 0.3) is 0 Å². The highest BCUT2D eigenvalue weighted by atomic mass is 16.5. The number of ether oxygens (including phenoxy) is 1. The largest absolute Gasteiger partial charge is 0.465 e. The Balaban J connectivity index is 2.26. The topological polar surface area (TPSA) is 67.6 Å². The number of allylic oxidation sites excluding steroid dienone is 1. The number of carbonyl (C=O) groups is 1.